The van der Waals surface area contributed by atoms with E-state index in [2.05, 4.69) is 5.32 Å². The number of hydrogen-bond donors (Lipinski definition) is 2. The number of ether oxygens (including phenoxy) is 3. The second kappa shape index (κ2) is 11.4. The summed E-state index contributed by atoms with van der Waals surface area (Å²) < 4.78 is 17.6. The first kappa shape index (κ1) is 28.7. The molecule has 0 aromatic heterocycles. The van der Waals surface area contributed by atoms with Gasteiger partial charge >= 0.3 is 5.97 Å². The van der Waals surface area contributed by atoms with Gasteiger partial charge in [0.15, 0.2) is 6.04 Å². The van der Waals surface area contributed by atoms with Crippen LogP contribution in [0.5, 0.6) is 0 Å². The molecule has 1 aromatic rings. The predicted octanol–water partition coefficient (Wildman–Crippen LogP) is -0.571. The molecule has 13 nitrogen and oxygen atoms in total. The van der Waals surface area contributed by atoms with Gasteiger partial charge in [-0.3, -0.25) is 24.0 Å². The average Bonchev–Trinajstić information content (AvgIpc) is 3.73. The summed E-state index contributed by atoms with van der Waals surface area (Å²) in [5.41, 5.74) is 0.173. The Kier molecular flexibility index (Phi) is 7.79. The zero-order chi connectivity index (χ0) is 29.6. The molecule has 1 saturated carbocycles. The van der Waals surface area contributed by atoms with E-state index in [1.807, 2.05) is 24.3 Å². The van der Waals surface area contributed by atoms with Crippen molar-refractivity contribution in [2.24, 2.45) is 5.41 Å². The minimum atomic E-state index is -1.36. The normalized spacial score (nSPS) is 33.5. The van der Waals surface area contributed by atoms with Crippen molar-refractivity contribution in [1.82, 2.24) is 20.2 Å². The number of likely N-dealkylation sites (N-methyl/N-ethyl adjacent to an activating group) is 1. The van der Waals surface area contributed by atoms with Crippen LogP contribution in [0.15, 0.2) is 30.3 Å². The Hall–Kier alpha value is -3.36. The maximum Gasteiger partial charge on any atom is 0.327 e. The van der Waals surface area contributed by atoms with Crippen LogP contribution in [0, 0.1) is 5.41 Å². The van der Waals surface area contributed by atoms with Crippen LogP contribution in [0.25, 0.3) is 6.08 Å². The molecule has 2 bridgehead atoms. The summed E-state index contributed by atoms with van der Waals surface area (Å²) in [7, 11) is 3.33. The molecule has 0 radical (unpaired) electrons. The van der Waals surface area contributed by atoms with Crippen LogP contribution >= 0.6 is 0 Å². The zero-order valence-electron chi connectivity index (χ0n) is 23.6. The molecule has 226 valence electrons. The Morgan fingerprint density at radius 1 is 1.19 bits per heavy atom. The Labute approximate surface area is 243 Å². The summed E-state index contributed by atoms with van der Waals surface area (Å²) in [6.07, 6.45) is 1.70. The predicted molar refractivity (Wildman–Crippen MR) is 145 cm³/mol. The number of carbonyl (C=O) groups excluding carboxylic acids is 4. The van der Waals surface area contributed by atoms with Crippen molar-refractivity contribution in [2.45, 2.75) is 62.3 Å². The van der Waals surface area contributed by atoms with Crippen LogP contribution in [0.1, 0.15) is 30.4 Å². The quantitative estimate of drug-likeness (QED) is 0.301. The monoisotopic (exact) mass is 584 g/mol. The van der Waals surface area contributed by atoms with E-state index >= 15 is 0 Å². The van der Waals surface area contributed by atoms with Gasteiger partial charge in [0.05, 0.1) is 13.2 Å². The Morgan fingerprint density at radius 3 is 2.76 bits per heavy atom. The van der Waals surface area contributed by atoms with Crippen molar-refractivity contribution in [3.63, 3.8) is 0 Å². The molecule has 4 heterocycles. The first-order chi connectivity index (χ1) is 20.3. The van der Waals surface area contributed by atoms with Crippen molar-refractivity contribution < 1.29 is 43.3 Å². The molecule has 5 fully saturated rings. The number of benzene rings is 1. The number of nitrogens with zero attached hydrogens (tertiary/aromatic N) is 3. The molecule has 4 saturated heterocycles. The first-order valence-electron chi connectivity index (χ1n) is 14.3. The number of likely N-dealkylation sites (tertiary alicyclic amines) is 1. The van der Waals surface area contributed by atoms with Crippen LogP contribution in [-0.4, -0.2) is 121 Å². The summed E-state index contributed by atoms with van der Waals surface area (Å²) in [6, 6.07) is 5.62. The largest absolute Gasteiger partial charge is 0.458 e. The highest BCUT2D eigenvalue weighted by Gasteiger charge is 2.75. The fraction of sp³-hybridized carbons (Fsp3) is 0.586. The van der Waals surface area contributed by atoms with E-state index in [0.717, 1.165) is 11.1 Å². The van der Waals surface area contributed by atoms with E-state index in [0.29, 0.717) is 19.4 Å². The Bertz CT molecular complexity index is 1290. The van der Waals surface area contributed by atoms with Gasteiger partial charge in [0, 0.05) is 39.7 Å². The van der Waals surface area contributed by atoms with Gasteiger partial charge in [-0.15, -0.1) is 0 Å². The molecule has 4 aliphatic heterocycles. The number of hydrogen-bond acceptors (Lipinski definition) is 10. The summed E-state index contributed by atoms with van der Waals surface area (Å²) >= 11 is 0. The third kappa shape index (κ3) is 4.69. The number of hydroxylamine groups is 2. The van der Waals surface area contributed by atoms with Gasteiger partial charge in [-0.1, -0.05) is 24.3 Å². The number of carbonyl (C=O) groups is 4. The number of amides is 3. The maximum atomic E-state index is 14.7. The van der Waals surface area contributed by atoms with Crippen molar-refractivity contribution in [3.8, 4) is 0 Å². The highest BCUT2D eigenvalue weighted by Crippen LogP contribution is 2.56. The van der Waals surface area contributed by atoms with E-state index in [1.54, 1.807) is 25.1 Å². The van der Waals surface area contributed by atoms with E-state index in [9.17, 15) is 24.3 Å². The number of aliphatic hydroxyl groups excluding tert-OH is 1. The lowest BCUT2D eigenvalue weighted by atomic mass is 9.62. The molecule has 2 N–H and O–H groups in total. The highest BCUT2D eigenvalue weighted by molar-refractivity contribution is 5.96. The fourth-order valence-corrected chi connectivity index (χ4v) is 6.98. The minimum absolute atomic E-state index is 0.0123. The van der Waals surface area contributed by atoms with Crippen LogP contribution in [0.2, 0.25) is 0 Å². The van der Waals surface area contributed by atoms with Crippen LogP contribution in [-0.2, 0) is 44.8 Å². The summed E-state index contributed by atoms with van der Waals surface area (Å²) in [4.78, 5) is 63.1. The van der Waals surface area contributed by atoms with Gasteiger partial charge in [-0.25, -0.2) is 0 Å². The smallest absolute Gasteiger partial charge is 0.327 e. The van der Waals surface area contributed by atoms with E-state index in [-0.39, 0.29) is 50.6 Å². The lowest BCUT2D eigenvalue weighted by Gasteiger charge is -2.50. The van der Waals surface area contributed by atoms with Gasteiger partial charge in [0.2, 0.25) is 17.7 Å². The highest BCUT2D eigenvalue weighted by atomic mass is 16.8. The van der Waals surface area contributed by atoms with Crippen molar-refractivity contribution in [2.75, 3.05) is 40.6 Å². The number of fused-ring (bicyclic) bond motifs is 4. The van der Waals surface area contributed by atoms with Crippen LogP contribution in [0.3, 0.4) is 0 Å². The lowest BCUT2D eigenvalue weighted by Crippen LogP contribution is -2.70. The van der Waals surface area contributed by atoms with Crippen molar-refractivity contribution in [1.29, 1.82) is 0 Å². The molecule has 6 rings (SSSR count). The first-order valence-corrected chi connectivity index (χ1v) is 14.3. The molecule has 1 aliphatic carbocycles. The Balaban J connectivity index is 1.35. The van der Waals surface area contributed by atoms with Gasteiger partial charge in [0.1, 0.15) is 42.7 Å². The Morgan fingerprint density at radius 2 is 1.98 bits per heavy atom. The number of esters is 1. The topological polar surface area (TPSA) is 147 Å². The zero-order valence-corrected chi connectivity index (χ0v) is 23.6. The van der Waals surface area contributed by atoms with Crippen molar-refractivity contribution in [3.05, 3.63) is 41.5 Å². The maximum absolute atomic E-state index is 14.7. The van der Waals surface area contributed by atoms with Crippen LogP contribution in [0.4, 0.5) is 0 Å². The van der Waals surface area contributed by atoms with Gasteiger partial charge < -0.3 is 34.4 Å². The third-order valence-corrected chi connectivity index (χ3v) is 8.92. The summed E-state index contributed by atoms with van der Waals surface area (Å²) in [5.74, 6) is -1.45. The molecule has 0 spiro atoms. The molecule has 3 amide bonds. The van der Waals surface area contributed by atoms with Gasteiger partial charge in [-0.2, -0.15) is 5.06 Å². The molecule has 5 aliphatic rings. The molecular formula is C29H36N4O9. The molecule has 42 heavy (non-hydrogen) atoms. The summed E-state index contributed by atoms with van der Waals surface area (Å²) in [5, 5.41) is 13.4. The van der Waals surface area contributed by atoms with Gasteiger partial charge in [0.25, 0.3) is 0 Å². The van der Waals surface area contributed by atoms with E-state index < -0.39 is 47.9 Å². The number of aliphatic hydroxyl groups is 1. The average molecular weight is 585 g/mol. The van der Waals surface area contributed by atoms with E-state index in [1.165, 1.54) is 16.0 Å². The number of nitrogens with one attached hydrogen (secondary N) is 1. The molecular weight excluding hydrogens is 548 g/mol. The summed E-state index contributed by atoms with van der Waals surface area (Å²) in [6.45, 7) is 0.349. The molecule has 7 atom stereocenters. The lowest BCUT2D eigenvalue weighted by molar-refractivity contribution is -0.204. The minimum Gasteiger partial charge on any atom is -0.458 e. The van der Waals surface area contributed by atoms with Crippen molar-refractivity contribution >= 4 is 29.8 Å². The molecule has 1 aromatic carbocycles. The van der Waals surface area contributed by atoms with E-state index in [4.69, 9.17) is 19.0 Å². The molecule has 13 heteroatoms. The number of rotatable bonds is 8. The second-order valence-corrected chi connectivity index (χ2v) is 11.5. The second-order valence-electron chi connectivity index (χ2n) is 11.5. The van der Waals surface area contributed by atoms with Gasteiger partial charge in [-0.05, 0) is 30.0 Å². The molecule has 7 unspecified atom stereocenters. The SMILES string of the molecule is CN(C)C(=O)C=Cc1ccccc1CN1OC2C3OCOC3C3CC2(C(=O)N2CCCC2C(=O)NCCO)C1C(=O)O3. The van der Waals surface area contributed by atoms with Crippen LogP contribution < -0.4 is 5.32 Å². The third-order valence-electron chi connectivity index (χ3n) is 8.92. The fourth-order valence-electron chi connectivity index (χ4n) is 6.98. The standard InChI is InChI=1S/C29H36N4O9/c1-31(2)21(35)10-9-17-6-3-4-7-18(17)15-33-24-27(37)41-20-14-29(24,25(42-33)23-22(20)39-16-40-23)28(38)32-12-5-8-19(32)26(36)30-11-13-34/h3-4,6-7,9-10,19-20,22-25,34H,5,8,11-16H2,1-2H3,(H,30,36).